The Hall–Kier alpha value is -2.67. The number of amides is 1. The molecule has 1 atom stereocenters. The van der Waals surface area contributed by atoms with Crippen molar-refractivity contribution >= 4 is 5.91 Å². The van der Waals surface area contributed by atoms with Gasteiger partial charge in [0.25, 0.3) is 5.91 Å². The lowest BCUT2D eigenvalue weighted by Gasteiger charge is -2.29. The van der Waals surface area contributed by atoms with E-state index in [-0.39, 0.29) is 11.9 Å². The smallest absolute Gasteiger partial charge is 0.257 e. The molecule has 0 radical (unpaired) electrons. The summed E-state index contributed by atoms with van der Waals surface area (Å²) >= 11 is 0. The molecule has 1 amide bonds. The fraction of sp³-hybridized carbons (Fsp3) is 0.476. The van der Waals surface area contributed by atoms with Gasteiger partial charge in [0.15, 0.2) is 0 Å². The number of nitrogens with one attached hydrogen (secondary N) is 1. The number of piperidine rings is 1. The highest BCUT2D eigenvalue weighted by Gasteiger charge is 2.26. The maximum Gasteiger partial charge on any atom is 0.257 e. The van der Waals surface area contributed by atoms with Crippen LogP contribution in [0.1, 0.15) is 52.7 Å². The lowest BCUT2D eigenvalue weighted by atomic mass is 10.0. The first-order chi connectivity index (χ1) is 13.7. The first-order valence-corrected chi connectivity index (χ1v) is 9.79. The maximum absolute atomic E-state index is 13.1. The van der Waals surface area contributed by atoms with E-state index >= 15 is 0 Å². The van der Waals surface area contributed by atoms with Gasteiger partial charge in [0.2, 0.25) is 0 Å². The SMILES string of the molecule is COc1ccc(C(=O)N2CCc3nc([C@@H]4CCCCN4)ncc3C2)c(OC)c1. The van der Waals surface area contributed by atoms with Crippen molar-refractivity contribution in [2.24, 2.45) is 0 Å². The van der Waals surface area contributed by atoms with Gasteiger partial charge in [-0.25, -0.2) is 9.97 Å². The molecule has 1 N–H and O–H groups in total. The first kappa shape index (κ1) is 18.7. The fourth-order valence-electron chi connectivity index (χ4n) is 3.89. The van der Waals surface area contributed by atoms with Crippen molar-refractivity contribution in [1.82, 2.24) is 20.2 Å². The van der Waals surface area contributed by atoms with Crippen molar-refractivity contribution < 1.29 is 14.3 Å². The Labute approximate surface area is 165 Å². The van der Waals surface area contributed by atoms with E-state index in [1.54, 1.807) is 32.4 Å². The molecule has 1 aromatic heterocycles. The van der Waals surface area contributed by atoms with E-state index in [4.69, 9.17) is 14.5 Å². The molecule has 0 spiro atoms. The summed E-state index contributed by atoms with van der Waals surface area (Å²) in [5.74, 6) is 2.01. The van der Waals surface area contributed by atoms with E-state index in [0.717, 1.165) is 36.5 Å². The lowest BCUT2D eigenvalue weighted by Crippen LogP contribution is -2.37. The van der Waals surface area contributed by atoms with Gasteiger partial charge in [0.05, 0.1) is 31.5 Å². The van der Waals surface area contributed by atoms with Gasteiger partial charge in [-0.2, -0.15) is 0 Å². The number of aromatic nitrogens is 2. The number of nitrogens with zero attached hydrogens (tertiary/aromatic N) is 3. The molecule has 7 heteroatoms. The second kappa shape index (κ2) is 8.14. The van der Waals surface area contributed by atoms with Gasteiger partial charge in [-0.3, -0.25) is 4.79 Å². The standard InChI is InChI=1S/C21H26N4O3/c1-27-15-6-7-16(19(11-15)28-2)21(26)25-10-8-17-14(13-25)12-23-20(24-17)18-5-3-4-9-22-18/h6-7,11-12,18,22H,3-5,8-10,13H2,1-2H3/t18-/m0/s1. The third-order valence-electron chi connectivity index (χ3n) is 5.50. The van der Waals surface area contributed by atoms with Crippen LogP contribution in [-0.2, 0) is 13.0 Å². The molecular formula is C21H26N4O3. The Balaban J connectivity index is 1.51. The van der Waals surface area contributed by atoms with Crippen LogP contribution in [0.3, 0.4) is 0 Å². The molecular weight excluding hydrogens is 356 g/mol. The highest BCUT2D eigenvalue weighted by atomic mass is 16.5. The summed E-state index contributed by atoms with van der Waals surface area (Å²) in [5.41, 5.74) is 2.62. The Bertz CT molecular complexity index is 865. The van der Waals surface area contributed by atoms with Crippen LogP contribution in [0.15, 0.2) is 24.4 Å². The van der Waals surface area contributed by atoms with Gasteiger partial charge >= 0.3 is 0 Å². The van der Waals surface area contributed by atoms with Crippen LogP contribution in [0.5, 0.6) is 11.5 Å². The predicted octanol–water partition coefficient (Wildman–Crippen LogP) is 2.51. The number of ether oxygens (including phenoxy) is 2. The Kier molecular flexibility index (Phi) is 5.43. The monoisotopic (exact) mass is 382 g/mol. The molecule has 0 saturated carbocycles. The van der Waals surface area contributed by atoms with Crippen LogP contribution in [0, 0.1) is 0 Å². The van der Waals surface area contributed by atoms with Crippen molar-refractivity contribution in [2.75, 3.05) is 27.3 Å². The predicted molar refractivity (Wildman–Crippen MR) is 105 cm³/mol. The average molecular weight is 382 g/mol. The molecule has 0 unspecified atom stereocenters. The van der Waals surface area contributed by atoms with Crippen LogP contribution in [0.25, 0.3) is 0 Å². The number of benzene rings is 1. The zero-order chi connectivity index (χ0) is 19.5. The number of carbonyl (C=O) groups excluding carboxylic acids is 1. The quantitative estimate of drug-likeness (QED) is 0.876. The zero-order valence-corrected chi connectivity index (χ0v) is 16.4. The summed E-state index contributed by atoms with van der Waals surface area (Å²) < 4.78 is 10.6. The zero-order valence-electron chi connectivity index (χ0n) is 16.4. The minimum atomic E-state index is -0.0526. The van der Waals surface area contributed by atoms with Gasteiger partial charge in [-0.1, -0.05) is 6.42 Å². The van der Waals surface area contributed by atoms with Crippen molar-refractivity contribution in [3.8, 4) is 11.5 Å². The molecule has 0 aliphatic carbocycles. The number of fused-ring (bicyclic) bond motifs is 1. The summed E-state index contributed by atoms with van der Waals surface area (Å²) in [5, 5.41) is 3.50. The molecule has 1 fully saturated rings. The minimum absolute atomic E-state index is 0.0526. The van der Waals surface area contributed by atoms with Gasteiger partial charge in [0.1, 0.15) is 17.3 Å². The second-order valence-electron chi connectivity index (χ2n) is 7.25. The summed E-state index contributed by atoms with van der Waals surface area (Å²) in [6.07, 6.45) is 6.14. The number of hydrogen-bond donors (Lipinski definition) is 1. The van der Waals surface area contributed by atoms with Crippen LogP contribution in [-0.4, -0.2) is 48.1 Å². The normalized spacial score (nSPS) is 19.1. The first-order valence-electron chi connectivity index (χ1n) is 9.79. The Morgan fingerprint density at radius 3 is 2.89 bits per heavy atom. The van der Waals surface area contributed by atoms with E-state index in [0.29, 0.717) is 30.2 Å². The van der Waals surface area contributed by atoms with Crippen molar-refractivity contribution in [1.29, 1.82) is 0 Å². The number of carbonyl (C=O) groups is 1. The van der Waals surface area contributed by atoms with E-state index in [1.807, 2.05) is 11.1 Å². The largest absolute Gasteiger partial charge is 0.497 e. The maximum atomic E-state index is 13.1. The number of hydrogen-bond acceptors (Lipinski definition) is 6. The molecule has 2 aliphatic heterocycles. The molecule has 2 aromatic rings. The topological polar surface area (TPSA) is 76.6 Å². The molecule has 28 heavy (non-hydrogen) atoms. The Morgan fingerprint density at radius 2 is 2.14 bits per heavy atom. The third-order valence-corrected chi connectivity index (χ3v) is 5.50. The fourth-order valence-corrected chi connectivity index (χ4v) is 3.89. The van der Waals surface area contributed by atoms with Crippen LogP contribution < -0.4 is 14.8 Å². The van der Waals surface area contributed by atoms with E-state index < -0.39 is 0 Å². The van der Waals surface area contributed by atoms with Gasteiger partial charge in [-0.05, 0) is 31.5 Å². The molecule has 148 valence electrons. The van der Waals surface area contributed by atoms with E-state index in [2.05, 4.69) is 10.3 Å². The third kappa shape index (κ3) is 3.67. The second-order valence-corrected chi connectivity index (χ2v) is 7.25. The molecule has 1 saturated heterocycles. The molecule has 0 bridgehead atoms. The van der Waals surface area contributed by atoms with Gasteiger partial charge in [0, 0.05) is 37.3 Å². The summed E-state index contributed by atoms with van der Waals surface area (Å²) in [6.45, 7) is 2.17. The highest BCUT2D eigenvalue weighted by molar-refractivity contribution is 5.97. The van der Waals surface area contributed by atoms with Gasteiger partial charge < -0.3 is 19.7 Å². The molecule has 3 heterocycles. The summed E-state index contributed by atoms with van der Waals surface area (Å²) in [4.78, 5) is 24.3. The summed E-state index contributed by atoms with van der Waals surface area (Å²) in [7, 11) is 3.15. The average Bonchev–Trinajstić information content (AvgIpc) is 2.78. The highest BCUT2D eigenvalue weighted by Crippen LogP contribution is 2.28. The van der Waals surface area contributed by atoms with Crippen molar-refractivity contribution in [3.63, 3.8) is 0 Å². The lowest BCUT2D eigenvalue weighted by molar-refractivity contribution is 0.0729. The van der Waals surface area contributed by atoms with E-state index in [1.165, 1.54) is 12.8 Å². The minimum Gasteiger partial charge on any atom is -0.497 e. The van der Waals surface area contributed by atoms with Crippen LogP contribution >= 0.6 is 0 Å². The van der Waals surface area contributed by atoms with E-state index in [9.17, 15) is 4.79 Å². The molecule has 4 rings (SSSR count). The number of methoxy groups -OCH3 is 2. The summed E-state index contributed by atoms with van der Waals surface area (Å²) in [6, 6.07) is 5.52. The van der Waals surface area contributed by atoms with Crippen molar-refractivity contribution in [3.05, 3.63) is 47.0 Å². The molecule has 1 aromatic carbocycles. The van der Waals surface area contributed by atoms with Crippen LogP contribution in [0.4, 0.5) is 0 Å². The van der Waals surface area contributed by atoms with Gasteiger partial charge in [-0.15, -0.1) is 0 Å². The number of rotatable bonds is 4. The molecule has 2 aliphatic rings. The Morgan fingerprint density at radius 1 is 1.25 bits per heavy atom. The van der Waals surface area contributed by atoms with Crippen LogP contribution in [0.2, 0.25) is 0 Å². The van der Waals surface area contributed by atoms with Crippen molar-refractivity contribution in [2.45, 2.75) is 38.3 Å². The molecule has 7 nitrogen and oxygen atoms in total.